The van der Waals surface area contributed by atoms with Crippen molar-refractivity contribution in [2.75, 3.05) is 17.2 Å². The molecule has 0 aliphatic carbocycles. The molecule has 1 rings (SSSR count). The molecule has 0 atom stereocenters. The first-order valence-electron chi connectivity index (χ1n) is 3.87. The fraction of sp³-hybridized carbons (Fsp3) is 0.375. The predicted octanol–water partition coefficient (Wildman–Crippen LogP) is 0.699. The van der Waals surface area contributed by atoms with Crippen molar-refractivity contribution in [2.45, 2.75) is 20.3 Å². The maximum absolute atomic E-state index is 5.72. The summed E-state index contributed by atoms with van der Waals surface area (Å²) in [5, 5.41) is 0. The van der Waals surface area contributed by atoms with Crippen molar-refractivity contribution in [1.82, 2.24) is 4.98 Å². The van der Waals surface area contributed by atoms with Gasteiger partial charge in [-0.15, -0.1) is 0 Å². The minimum absolute atomic E-state index is 0.471. The lowest BCUT2D eigenvalue weighted by atomic mass is 10.1. The highest BCUT2D eigenvalue weighted by Crippen LogP contribution is 2.26. The van der Waals surface area contributed by atoms with Gasteiger partial charge in [0.1, 0.15) is 5.82 Å². The van der Waals surface area contributed by atoms with Gasteiger partial charge in [0.05, 0.1) is 17.1 Å². The lowest BCUT2D eigenvalue weighted by Crippen LogP contribution is -2.07. The molecule has 0 aromatic carbocycles. The van der Waals surface area contributed by atoms with E-state index in [-0.39, 0.29) is 0 Å². The Hall–Kier alpha value is -1.45. The van der Waals surface area contributed by atoms with Gasteiger partial charge in [0.2, 0.25) is 0 Å². The van der Waals surface area contributed by atoms with Gasteiger partial charge in [0.25, 0.3) is 0 Å². The number of aromatic nitrogens is 1. The molecule has 0 spiro atoms. The number of pyridine rings is 1. The Bertz CT molecular complexity index is 306. The number of nitrogens with zero attached hydrogens (tertiary/aromatic N) is 1. The second kappa shape index (κ2) is 2.89. The van der Waals surface area contributed by atoms with E-state index >= 15 is 0 Å². The van der Waals surface area contributed by atoms with Crippen LogP contribution in [0.4, 0.5) is 17.2 Å². The second-order valence-electron chi connectivity index (χ2n) is 2.75. The number of nitrogen functional groups attached to an aromatic ring is 3. The Kier molecular flexibility index (Phi) is 2.08. The zero-order chi connectivity index (χ0) is 9.30. The lowest BCUT2D eigenvalue weighted by molar-refractivity contribution is 1.04. The number of anilines is 3. The summed E-state index contributed by atoms with van der Waals surface area (Å²) >= 11 is 0. The zero-order valence-corrected chi connectivity index (χ0v) is 7.39. The number of rotatable bonds is 1. The summed E-state index contributed by atoms with van der Waals surface area (Å²) < 4.78 is 0. The molecule has 0 saturated carbocycles. The van der Waals surface area contributed by atoms with Crippen LogP contribution in [-0.2, 0) is 6.42 Å². The summed E-state index contributed by atoms with van der Waals surface area (Å²) in [5.41, 5.74) is 19.7. The van der Waals surface area contributed by atoms with E-state index in [2.05, 4.69) is 4.98 Å². The maximum atomic E-state index is 5.72. The molecule has 1 aromatic rings. The fourth-order valence-electron chi connectivity index (χ4n) is 1.05. The van der Waals surface area contributed by atoms with E-state index in [0.717, 1.165) is 17.7 Å². The maximum Gasteiger partial charge on any atom is 0.128 e. The standard InChI is InChI=1S/C8H14N4/c1-3-5-7(10)6(9)4(2)8(11)12-5/h3,10H2,1-2H3,(H4,9,11,12). The number of aryl methyl sites for hydroxylation is 1. The molecule has 6 N–H and O–H groups in total. The van der Waals surface area contributed by atoms with Crippen LogP contribution in [0.15, 0.2) is 0 Å². The van der Waals surface area contributed by atoms with Gasteiger partial charge in [-0.05, 0) is 13.3 Å². The average Bonchev–Trinajstić information content (AvgIpc) is 2.08. The van der Waals surface area contributed by atoms with Crippen molar-refractivity contribution in [3.8, 4) is 0 Å². The van der Waals surface area contributed by atoms with Crippen LogP contribution in [0.3, 0.4) is 0 Å². The van der Waals surface area contributed by atoms with E-state index in [9.17, 15) is 0 Å². The molecule has 0 saturated heterocycles. The summed E-state index contributed by atoms with van der Waals surface area (Å²) in [7, 11) is 0. The highest BCUT2D eigenvalue weighted by atomic mass is 14.9. The van der Waals surface area contributed by atoms with Crippen molar-refractivity contribution in [1.29, 1.82) is 0 Å². The third-order valence-electron chi connectivity index (χ3n) is 1.98. The molecule has 1 aromatic heterocycles. The molecule has 12 heavy (non-hydrogen) atoms. The summed E-state index contributed by atoms with van der Waals surface area (Å²) in [6, 6.07) is 0. The number of hydrogen-bond acceptors (Lipinski definition) is 4. The highest BCUT2D eigenvalue weighted by molar-refractivity contribution is 5.73. The van der Waals surface area contributed by atoms with Crippen molar-refractivity contribution < 1.29 is 0 Å². The van der Waals surface area contributed by atoms with Crippen LogP contribution in [0.5, 0.6) is 0 Å². The van der Waals surface area contributed by atoms with Crippen LogP contribution >= 0.6 is 0 Å². The van der Waals surface area contributed by atoms with E-state index < -0.39 is 0 Å². The molecule has 0 aliphatic rings. The molecule has 0 radical (unpaired) electrons. The molecule has 0 bridgehead atoms. The van der Waals surface area contributed by atoms with E-state index in [0.29, 0.717) is 17.2 Å². The minimum Gasteiger partial charge on any atom is -0.397 e. The van der Waals surface area contributed by atoms with Crippen molar-refractivity contribution in [2.24, 2.45) is 0 Å². The quantitative estimate of drug-likeness (QED) is 0.572. The Morgan fingerprint density at radius 1 is 1.17 bits per heavy atom. The van der Waals surface area contributed by atoms with Gasteiger partial charge in [-0.1, -0.05) is 6.92 Å². The Morgan fingerprint density at radius 2 is 1.75 bits per heavy atom. The first kappa shape index (κ1) is 8.64. The Labute approximate surface area is 71.8 Å². The first-order valence-corrected chi connectivity index (χ1v) is 3.87. The van der Waals surface area contributed by atoms with Gasteiger partial charge < -0.3 is 17.2 Å². The van der Waals surface area contributed by atoms with Gasteiger partial charge in [-0.25, -0.2) is 4.98 Å². The van der Waals surface area contributed by atoms with Crippen LogP contribution < -0.4 is 17.2 Å². The van der Waals surface area contributed by atoms with Gasteiger partial charge in [0.15, 0.2) is 0 Å². The molecule has 1 heterocycles. The molecular weight excluding hydrogens is 152 g/mol. The molecule has 0 unspecified atom stereocenters. The van der Waals surface area contributed by atoms with E-state index in [4.69, 9.17) is 17.2 Å². The Balaban J connectivity index is 3.39. The summed E-state index contributed by atoms with van der Waals surface area (Å²) in [5.74, 6) is 0.471. The number of nitrogens with two attached hydrogens (primary N) is 3. The van der Waals surface area contributed by atoms with Crippen LogP contribution in [0, 0.1) is 6.92 Å². The molecule has 0 fully saturated rings. The van der Waals surface area contributed by atoms with E-state index in [1.807, 2.05) is 13.8 Å². The lowest BCUT2D eigenvalue weighted by Gasteiger charge is -2.10. The third-order valence-corrected chi connectivity index (χ3v) is 1.98. The molecule has 4 nitrogen and oxygen atoms in total. The van der Waals surface area contributed by atoms with E-state index in [1.165, 1.54) is 0 Å². The molecular formula is C8H14N4. The van der Waals surface area contributed by atoms with Gasteiger partial charge in [0, 0.05) is 5.56 Å². The smallest absolute Gasteiger partial charge is 0.128 e. The second-order valence-corrected chi connectivity index (χ2v) is 2.75. The fourth-order valence-corrected chi connectivity index (χ4v) is 1.05. The van der Waals surface area contributed by atoms with Crippen LogP contribution in [0.25, 0.3) is 0 Å². The topological polar surface area (TPSA) is 90.9 Å². The monoisotopic (exact) mass is 166 g/mol. The van der Waals surface area contributed by atoms with Crippen molar-refractivity contribution >= 4 is 17.2 Å². The largest absolute Gasteiger partial charge is 0.397 e. The first-order chi connectivity index (χ1) is 5.57. The van der Waals surface area contributed by atoms with E-state index in [1.54, 1.807) is 0 Å². The SMILES string of the molecule is CCc1nc(N)c(C)c(N)c1N. The summed E-state index contributed by atoms with van der Waals surface area (Å²) in [6.45, 7) is 3.78. The molecule has 0 amide bonds. The minimum atomic E-state index is 0.471. The molecule has 66 valence electrons. The average molecular weight is 166 g/mol. The molecule has 4 heteroatoms. The number of hydrogen-bond donors (Lipinski definition) is 3. The van der Waals surface area contributed by atoms with Crippen LogP contribution in [-0.4, -0.2) is 4.98 Å². The van der Waals surface area contributed by atoms with Crippen LogP contribution in [0.1, 0.15) is 18.2 Å². The zero-order valence-electron chi connectivity index (χ0n) is 7.39. The third kappa shape index (κ3) is 1.15. The predicted molar refractivity (Wildman–Crippen MR) is 51.6 cm³/mol. The van der Waals surface area contributed by atoms with Crippen molar-refractivity contribution in [3.05, 3.63) is 11.3 Å². The molecule has 0 aliphatic heterocycles. The Morgan fingerprint density at radius 3 is 2.25 bits per heavy atom. The van der Waals surface area contributed by atoms with Gasteiger partial charge >= 0.3 is 0 Å². The summed E-state index contributed by atoms with van der Waals surface area (Å²) in [4.78, 5) is 4.12. The van der Waals surface area contributed by atoms with Crippen molar-refractivity contribution in [3.63, 3.8) is 0 Å². The van der Waals surface area contributed by atoms with Gasteiger partial charge in [-0.2, -0.15) is 0 Å². The van der Waals surface area contributed by atoms with Crippen LogP contribution in [0.2, 0.25) is 0 Å². The van der Waals surface area contributed by atoms with Gasteiger partial charge in [-0.3, -0.25) is 0 Å². The highest BCUT2D eigenvalue weighted by Gasteiger charge is 2.08. The summed E-state index contributed by atoms with van der Waals surface area (Å²) in [6.07, 6.45) is 0.751. The normalized spacial score (nSPS) is 10.2.